The van der Waals surface area contributed by atoms with Crippen LogP contribution in [0.2, 0.25) is 0 Å². The fourth-order valence-corrected chi connectivity index (χ4v) is 2.24. The summed E-state index contributed by atoms with van der Waals surface area (Å²) >= 11 is 0. The second-order valence-electron chi connectivity index (χ2n) is 4.57. The Kier molecular flexibility index (Phi) is 4.16. The molecule has 2 heterocycles. The molecule has 0 radical (unpaired) electrons. The molecule has 1 aromatic heterocycles. The van der Waals surface area contributed by atoms with Crippen LogP contribution in [0.5, 0.6) is 0 Å². The summed E-state index contributed by atoms with van der Waals surface area (Å²) in [4.78, 5) is 16.7. The Labute approximate surface area is 111 Å². The maximum atomic E-state index is 11.1. The van der Waals surface area contributed by atoms with E-state index >= 15 is 0 Å². The van der Waals surface area contributed by atoms with Crippen LogP contribution >= 0.6 is 0 Å². The van der Waals surface area contributed by atoms with Gasteiger partial charge in [-0.3, -0.25) is 10.1 Å². The number of β-amino-alcohol motifs (C(OH)–C–C–N with tert-alkyl or cyclic N) is 1. The molecule has 19 heavy (non-hydrogen) atoms. The minimum Gasteiger partial charge on any atom is -0.391 e. The van der Waals surface area contributed by atoms with Gasteiger partial charge in [-0.15, -0.1) is 0 Å². The third kappa shape index (κ3) is 3.11. The Morgan fingerprint density at radius 1 is 1.63 bits per heavy atom. The summed E-state index contributed by atoms with van der Waals surface area (Å²) < 4.78 is 0. The SMILES string of the molecule is CCNc1ccc([N+](=O)[O-])c(N2CCCC(O)C2)n1. The number of rotatable bonds is 4. The minimum atomic E-state index is -0.446. The molecule has 104 valence electrons. The van der Waals surface area contributed by atoms with Crippen LogP contribution in [-0.4, -0.2) is 40.8 Å². The molecule has 1 aliphatic heterocycles. The highest BCUT2D eigenvalue weighted by molar-refractivity contribution is 5.62. The van der Waals surface area contributed by atoms with Crippen LogP contribution in [0, 0.1) is 10.1 Å². The average Bonchev–Trinajstić information content (AvgIpc) is 2.39. The number of hydrogen-bond acceptors (Lipinski definition) is 6. The van der Waals surface area contributed by atoms with Crippen molar-refractivity contribution in [3.8, 4) is 0 Å². The summed E-state index contributed by atoms with van der Waals surface area (Å²) in [6.07, 6.45) is 1.10. The van der Waals surface area contributed by atoms with Crippen molar-refractivity contribution in [2.24, 2.45) is 0 Å². The van der Waals surface area contributed by atoms with Crippen molar-refractivity contribution in [1.82, 2.24) is 4.98 Å². The molecule has 0 spiro atoms. The van der Waals surface area contributed by atoms with Crippen molar-refractivity contribution in [3.63, 3.8) is 0 Å². The molecule has 1 atom stereocenters. The quantitative estimate of drug-likeness (QED) is 0.632. The van der Waals surface area contributed by atoms with Crippen molar-refractivity contribution >= 4 is 17.3 Å². The predicted molar refractivity (Wildman–Crippen MR) is 72.5 cm³/mol. The van der Waals surface area contributed by atoms with E-state index in [9.17, 15) is 15.2 Å². The smallest absolute Gasteiger partial charge is 0.311 e. The Bertz CT molecular complexity index is 466. The van der Waals surface area contributed by atoms with Crippen LogP contribution in [0.1, 0.15) is 19.8 Å². The third-order valence-electron chi connectivity index (χ3n) is 3.11. The first-order valence-corrected chi connectivity index (χ1v) is 6.44. The van der Waals surface area contributed by atoms with Crippen LogP contribution in [0.15, 0.2) is 12.1 Å². The number of piperidine rings is 1. The highest BCUT2D eigenvalue weighted by atomic mass is 16.6. The molecule has 1 saturated heterocycles. The summed E-state index contributed by atoms with van der Waals surface area (Å²) in [5.74, 6) is 0.949. The van der Waals surface area contributed by atoms with E-state index in [0.29, 0.717) is 31.3 Å². The maximum absolute atomic E-state index is 11.1. The average molecular weight is 266 g/mol. The van der Waals surface area contributed by atoms with Crippen molar-refractivity contribution in [1.29, 1.82) is 0 Å². The van der Waals surface area contributed by atoms with Crippen LogP contribution < -0.4 is 10.2 Å². The molecule has 7 nitrogen and oxygen atoms in total. The van der Waals surface area contributed by atoms with E-state index in [1.807, 2.05) is 6.92 Å². The lowest BCUT2D eigenvalue weighted by atomic mass is 10.1. The Hall–Kier alpha value is -1.89. The Morgan fingerprint density at radius 2 is 2.42 bits per heavy atom. The molecule has 7 heteroatoms. The Balaban J connectivity index is 2.33. The summed E-state index contributed by atoms with van der Waals surface area (Å²) in [5, 5.41) is 23.8. The molecule has 1 aromatic rings. The van der Waals surface area contributed by atoms with Gasteiger partial charge in [0.05, 0.1) is 11.0 Å². The molecule has 2 N–H and O–H groups in total. The number of anilines is 2. The van der Waals surface area contributed by atoms with Gasteiger partial charge < -0.3 is 15.3 Å². The molecular weight excluding hydrogens is 248 g/mol. The molecule has 0 saturated carbocycles. The first kappa shape index (κ1) is 13.5. The first-order chi connectivity index (χ1) is 9.11. The van der Waals surface area contributed by atoms with Gasteiger partial charge in [0, 0.05) is 25.7 Å². The van der Waals surface area contributed by atoms with Gasteiger partial charge in [0.25, 0.3) is 0 Å². The van der Waals surface area contributed by atoms with Gasteiger partial charge in [-0.05, 0) is 25.8 Å². The third-order valence-corrected chi connectivity index (χ3v) is 3.11. The van der Waals surface area contributed by atoms with E-state index in [4.69, 9.17) is 0 Å². The maximum Gasteiger partial charge on any atom is 0.311 e. The Morgan fingerprint density at radius 3 is 3.05 bits per heavy atom. The van der Waals surface area contributed by atoms with Gasteiger partial charge >= 0.3 is 5.69 Å². The molecule has 1 unspecified atom stereocenters. The zero-order valence-electron chi connectivity index (χ0n) is 10.9. The molecular formula is C12H18N4O3. The van der Waals surface area contributed by atoms with Gasteiger partial charge in [-0.25, -0.2) is 4.98 Å². The molecule has 0 amide bonds. The molecule has 0 bridgehead atoms. The van der Waals surface area contributed by atoms with Gasteiger partial charge in [0.1, 0.15) is 5.82 Å². The van der Waals surface area contributed by atoms with Crippen molar-refractivity contribution in [2.75, 3.05) is 29.9 Å². The molecule has 1 aliphatic rings. The summed E-state index contributed by atoms with van der Waals surface area (Å²) in [5.41, 5.74) is -0.0178. The number of hydrogen-bond donors (Lipinski definition) is 2. The van der Waals surface area contributed by atoms with Gasteiger partial charge in [0.2, 0.25) is 5.82 Å². The van der Waals surface area contributed by atoms with E-state index in [2.05, 4.69) is 10.3 Å². The second kappa shape index (κ2) is 5.83. The van der Waals surface area contributed by atoms with Crippen LogP contribution in [0.3, 0.4) is 0 Å². The van der Waals surface area contributed by atoms with Gasteiger partial charge in [-0.1, -0.05) is 0 Å². The number of nitro groups is 1. The standard InChI is InChI=1S/C12H18N4O3/c1-2-13-11-6-5-10(16(18)19)12(14-11)15-7-3-4-9(17)8-15/h5-6,9,17H,2-4,7-8H2,1H3,(H,13,14). The van der Waals surface area contributed by atoms with E-state index in [1.54, 1.807) is 11.0 Å². The highest BCUT2D eigenvalue weighted by Crippen LogP contribution is 2.29. The zero-order chi connectivity index (χ0) is 13.8. The van der Waals surface area contributed by atoms with Crippen molar-refractivity contribution < 1.29 is 10.0 Å². The predicted octanol–water partition coefficient (Wildman–Crippen LogP) is 1.38. The topological polar surface area (TPSA) is 91.5 Å². The van der Waals surface area contributed by atoms with Gasteiger partial charge in [-0.2, -0.15) is 0 Å². The van der Waals surface area contributed by atoms with E-state index in [-0.39, 0.29) is 5.69 Å². The first-order valence-electron chi connectivity index (χ1n) is 6.44. The molecule has 0 aliphatic carbocycles. The number of aliphatic hydroxyl groups is 1. The lowest BCUT2D eigenvalue weighted by Crippen LogP contribution is -2.39. The largest absolute Gasteiger partial charge is 0.391 e. The van der Waals surface area contributed by atoms with Crippen LogP contribution in [0.25, 0.3) is 0 Å². The lowest BCUT2D eigenvalue weighted by Gasteiger charge is -2.30. The summed E-state index contributed by atoms with van der Waals surface area (Å²) in [6, 6.07) is 3.06. The van der Waals surface area contributed by atoms with Gasteiger partial charge in [0.15, 0.2) is 0 Å². The summed E-state index contributed by atoms with van der Waals surface area (Å²) in [7, 11) is 0. The number of pyridine rings is 1. The molecule has 1 fully saturated rings. The highest BCUT2D eigenvalue weighted by Gasteiger charge is 2.26. The minimum absolute atomic E-state index is 0.0178. The lowest BCUT2D eigenvalue weighted by molar-refractivity contribution is -0.384. The fourth-order valence-electron chi connectivity index (χ4n) is 2.24. The van der Waals surface area contributed by atoms with Crippen LogP contribution in [-0.2, 0) is 0 Å². The van der Waals surface area contributed by atoms with Crippen molar-refractivity contribution in [3.05, 3.63) is 22.2 Å². The van der Waals surface area contributed by atoms with E-state index in [0.717, 1.165) is 12.8 Å². The van der Waals surface area contributed by atoms with Crippen molar-refractivity contribution in [2.45, 2.75) is 25.9 Å². The summed E-state index contributed by atoms with van der Waals surface area (Å²) in [6.45, 7) is 3.71. The monoisotopic (exact) mass is 266 g/mol. The number of aliphatic hydroxyl groups excluding tert-OH is 1. The van der Waals surface area contributed by atoms with E-state index < -0.39 is 11.0 Å². The van der Waals surface area contributed by atoms with E-state index in [1.165, 1.54) is 6.07 Å². The fraction of sp³-hybridized carbons (Fsp3) is 0.583. The number of nitrogens with one attached hydrogen (secondary N) is 1. The molecule has 0 aromatic carbocycles. The number of nitrogens with zero attached hydrogens (tertiary/aromatic N) is 3. The van der Waals surface area contributed by atoms with Crippen LogP contribution in [0.4, 0.5) is 17.3 Å². The normalized spacial score (nSPS) is 19.3. The second-order valence-corrected chi connectivity index (χ2v) is 4.57. The molecule has 2 rings (SSSR count). The zero-order valence-corrected chi connectivity index (χ0v) is 10.9. The number of aromatic nitrogens is 1.